The molecular formula is C31H29BrClN3O4S. The SMILES string of the molecule is CNC(=O)C(Cc1ccccc1)N(Cc1cccc(Cl)c1)C(=O)CN(c1cccc(Br)c1)S(=O)(=O)c1ccccc1. The molecule has 4 aromatic carbocycles. The minimum atomic E-state index is -4.15. The third-order valence-corrected chi connectivity index (χ3v) is 8.98. The van der Waals surface area contributed by atoms with Gasteiger partial charge in [0.05, 0.1) is 10.6 Å². The summed E-state index contributed by atoms with van der Waals surface area (Å²) in [6, 6.07) is 30.1. The van der Waals surface area contributed by atoms with Crippen molar-refractivity contribution in [3.63, 3.8) is 0 Å². The summed E-state index contributed by atoms with van der Waals surface area (Å²) in [4.78, 5) is 29.0. The van der Waals surface area contributed by atoms with E-state index in [1.54, 1.807) is 60.7 Å². The number of benzene rings is 4. The first-order chi connectivity index (χ1) is 19.7. The molecule has 0 saturated heterocycles. The van der Waals surface area contributed by atoms with Crippen molar-refractivity contribution in [1.29, 1.82) is 0 Å². The summed E-state index contributed by atoms with van der Waals surface area (Å²) < 4.78 is 29.5. The Morgan fingerprint density at radius 1 is 0.854 bits per heavy atom. The molecule has 10 heteroatoms. The molecule has 0 aliphatic carbocycles. The first kappa shape index (κ1) is 30.3. The summed E-state index contributed by atoms with van der Waals surface area (Å²) in [7, 11) is -2.64. The van der Waals surface area contributed by atoms with E-state index >= 15 is 0 Å². The van der Waals surface area contributed by atoms with E-state index in [0.29, 0.717) is 20.7 Å². The molecule has 41 heavy (non-hydrogen) atoms. The molecule has 0 aliphatic heterocycles. The molecule has 1 N–H and O–H groups in total. The zero-order chi connectivity index (χ0) is 29.4. The number of anilines is 1. The number of amides is 2. The Labute approximate surface area is 253 Å². The van der Waals surface area contributed by atoms with Crippen LogP contribution < -0.4 is 9.62 Å². The van der Waals surface area contributed by atoms with Crippen LogP contribution in [0, 0.1) is 0 Å². The molecule has 0 spiro atoms. The van der Waals surface area contributed by atoms with Crippen LogP contribution in [0.4, 0.5) is 5.69 Å². The molecule has 1 atom stereocenters. The van der Waals surface area contributed by atoms with E-state index in [-0.39, 0.29) is 23.8 Å². The normalized spacial score (nSPS) is 11.9. The molecule has 4 rings (SSSR count). The standard InChI is InChI=1S/C31H29BrClN3O4S/c1-34-31(38)29(19-23-10-4-2-5-11-23)35(21-24-12-8-14-26(33)18-24)30(37)22-36(27-15-9-13-25(32)20-27)41(39,40)28-16-6-3-7-17-28/h2-18,20,29H,19,21-22H2,1H3,(H,34,38). The fraction of sp³-hybridized carbons (Fsp3) is 0.161. The molecule has 2 amide bonds. The molecule has 212 valence electrons. The largest absolute Gasteiger partial charge is 0.357 e. The van der Waals surface area contributed by atoms with Crippen molar-refractivity contribution in [2.45, 2.75) is 23.9 Å². The van der Waals surface area contributed by atoms with Crippen molar-refractivity contribution < 1.29 is 18.0 Å². The Balaban J connectivity index is 1.78. The number of rotatable bonds is 11. The van der Waals surface area contributed by atoms with Gasteiger partial charge in [-0.15, -0.1) is 0 Å². The number of nitrogens with zero attached hydrogens (tertiary/aromatic N) is 2. The van der Waals surface area contributed by atoms with Gasteiger partial charge in [-0.2, -0.15) is 0 Å². The van der Waals surface area contributed by atoms with Gasteiger partial charge in [0.1, 0.15) is 12.6 Å². The van der Waals surface area contributed by atoms with Crippen molar-refractivity contribution >= 4 is 55.1 Å². The van der Waals surface area contributed by atoms with E-state index in [9.17, 15) is 18.0 Å². The lowest BCUT2D eigenvalue weighted by Gasteiger charge is -2.33. The van der Waals surface area contributed by atoms with Crippen LogP contribution in [0.3, 0.4) is 0 Å². The molecule has 0 heterocycles. The smallest absolute Gasteiger partial charge is 0.264 e. The van der Waals surface area contributed by atoms with Crippen LogP contribution in [0.2, 0.25) is 5.02 Å². The Morgan fingerprint density at radius 2 is 1.49 bits per heavy atom. The van der Waals surface area contributed by atoms with Gasteiger partial charge in [-0.05, 0) is 53.6 Å². The molecule has 0 radical (unpaired) electrons. The summed E-state index contributed by atoms with van der Waals surface area (Å²) >= 11 is 9.65. The molecule has 0 fully saturated rings. The third kappa shape index (κ3) is 7.75. The number of hydrogen-bond donors (Lipinski definition) is 1. The van der Waals surface area contributed by atoms with Crippen molar-refractivity contribution in [2.24, 2.45) is 0 Å². The van der Waals surface area contributed by atoms with E-state index in [2.05, 4.69) is 21.2 Å². The second kappa shape index (κ2) is 13.8. The lowest BCUT2D eigenvalue weighted by molar-refractivity contribution is -0.139. The quantitative estimate of drug-likeness (QED) is 0.225. The van der Waals surface area contributed by atoms with Crippen LogP contribution in [0.5, 0.6) is 0 Å². The van der Waals surface area contributed by atoms with E-state index < -0.39 is 28.5 Å². The molecule has 1 unspecified atom stereocenters. The second-order valence-electron chi connectivity index (χ2n) is 9.28. The maximum Gasteiger partial charge on any atom is 0.264 e. The Morgan fingerprint density at radius 3 is 2.12 bits per heavy atom. The van der Waals surface area contributed by atoms with Gasteiger partial charge >= 0.3 is 0 Å². The average Bonchev–Trinajstić information content (AvgIpc) is 2.98. The minimum absolute atomic E-state index is 0.0429. The maximum absolute atomic E-state index is 14.2. The number of nitrogens with one attached hydrogen (secondary N) is 1. The molecule has 0 bridgehead atoms. The minimum Gasteiger partial charge on any atom is -0.357 e. The highest BCUT2D eigenvalue weighted by Gasteiger charge is 2.34. The zero-order valence-corrected chi connectivity index (χ0v) is 25.4. The second-order valence-corrected chi connectivity index (χ2v) is 12.5. The summed E-state index contributed by atoms with van der Waals surface area (Å²) in [6.45, 7) is -0.488. The molecule has 0 saturated carbocycles. The molecular weight excluding hydrogens is 626 g/mol. The lowest BCUT2D eigenvalue weighted by atomic mass is 10.0. The first-order valence-electron chi connectivity index (χ1n) is 12.8. The fourth-order valence-corrected chi connectivity index (χ4v) is 6.46. The molecule has 4 aromatic rings. The van der Waals surface area contributed by atoms with Crippen molar-refractivity contribution in [2.75, 3.05) is 17.9 Å². The van der Waals surface area contributed by atoms with E-state index in [0.717, 1.165) is 9.87 Å². The Bertz CT molecular complexity index is 1600. The number of carbonyl (C=O) groups is 2. The highest BCUT2D eigenvalue weighted by Crippen LogP contribution is 2.27. The highest BCUT2D eigenvalue weighted by molar-refractivity contribution is 9.10. The van der Waals surface area contributed by atoms with Gasteiger partial charge in [0.2, 0.25) is 11.8 Å². The van der Waals surface area contributed by atoms with E-state index in [1.165, 1.54) is 24.1 Å². The van der Waals surface area contributed by atoms with Crippen molar-refractivity contribution in [3.05, 3.63) is 130 Å². The summed E-state index contributed by atoms with van der Waals surface area (Å²) in [5, 5.41) is 3.15. The van der Waals surface area contributed by atoms with Gasteiger partial charge in [0.15, 0.2) is 0 Å². The summed E-state index contributed by atoms with van der Waals surface area (Å²) in [6.07, 6.45) is 0.231. The zero-order valence-electron chi connectivity index (χ0n) is 22.3. The monoisotopic (exact) mass is 653 g/mol. The van der Waals surface area contributed by atoms with E-state index in [1.807, 2.05) is 36.4 Å². The first-order valence-corrected chi connectivity index (χ1v) is 15.4. The van der Waals surface area contributed by atoms with Crippen LogP contribution in [-0.2, 0) is 32.6 Å². The molecule has 7 nitrogen and oxygen atoms in total. The van der Waals surface area contributed by atoms with Gasteiger partial charge in [0, 0.05) is 29.5 Å². The van der Waals surface area contributed by atoms with Crippen LogP contribution in [0.25, 0.3) is 0 Å². The number of carbonyl (C=O) groups excluding carboxylic acids is 2. The van der Waals surface area contributed by atoms with Crippen molar-refractivity contribution in [1.82, 2.24) is 10.2 Å². The van der Waals surface area contributed by atoms with Crippen molar-refractivity contribution in [3.8, 4) is 0 Å². The van der Waals surface area contributed by atoms with Gasteiger partial charge < -0.3 is 10.2 Å². The van der Waals surface area contributed by atoms with Gasteiger partial charge in [-0.1, -0.05) is 94.3 Å². The highest BCUT2D eigenvalue weighted by atomic mass is 79.9. The summed E-state index contributed by atoms with van der Waals surface area (Å²) in [5.41, 5.74) is 1.86. The number of hydrogen-bond acceptors (Lipinski definition) is 4. The van der Waals surface area contributed by atoms with Crippen LogP contribution in [0.1, 0.15) is 11.1 Å². The van der Waals surface area contributed by atoms with Crippen LogP contribution in [-0.4, -0.2) is 44.8 Å². The maximum atomic E-state index is 14.2. The topological polar surface area (TPSA) is 86.8 Å². The van der Waals surface area contributed by atoms with Gasteiger partial charge in [-0.25, -0.2) is 8.42 Å². The Hall–Kier alpha value is -3.66. The third-order valence-electron chi connectivity index (χ3n) is 6.47. The van der Waals surface area contributed by atoms with Gasteiger partial charge in [0.25, 0.3) is 10.0 Å². The average molecular weight is 655 g/mol. The van der Waals surface area contributed by atoms with Gasteiger partial charge in [-0.3, -0.25) is 13.9 Å². The summed E-state index contributed by atoms with van der Waals surface area (Å²) in [5.74, 6) is -0.918. The van der Waals surface area contributed by atoms with Crippen LogP contribution >= 0.6 is 27.5 Å². The molecule has 0 aliphatic rings. The fourth-order valence-electron chi connectivity index (χ4n) is 4.43. The number of halogens is 2. The predicted octanol–water partition coefficient (Wildman–Crippen LogP) is 5.68. The van der Waals surface area contributed by atoms with E-state index in [4.69, 9.17) is 11.6 Å². The van der Waals surface area contributed by atoms with Crippen LogP contribution in [0.15, 0.2) is 119 Å². The molecule has 0 aromatic heterocycles. The predicted molar refractivity (Wildman–Crippen MR) is 165 cm³/mol. The lowest BCUT2D eigenvalue weighted by Crippen LogP contribution is -2.53. The number of likely N-dealkylation sites (N-methyl/N-ethyl adjacent to an activating group) is 1. The Kier molecular flexibility index (Phi) is 10.2. The number of sulfonamides is 1.